The Labute approximate surface area is 106 Å². The van der Waals surface area contributed by atoms with Crippen molar-refractivity contribution in [3.8, 4) is 0 Å². The summed E-state index contributed by atoms with van der Waals surface area (Å²) >= 11 is 0. The highest BCUT2D eigenvalue weighted by atomic mass is 16.5. The Bertz CT molecular complexity index is 396. The third-order valence-corrected chi connectivity index (χ3v) is 2.33. The van der Waals surface area contributed by atoms with E-state index in [2.05, 4.69) is 15.5 Å². The number of aliphatic hydroxyl groups excluding tert-OH is 1. The highest BCUT2D eigenvalue weighted by Crippen LogP contribution is 2.04. The summed E-state index contributed by atoms with van der Waals surface area (Å²) in [4.78, 5) is 11.8. The monoisotopic (exact) mass is 253 g/mol. The van der Waals surface area contributed by atoms with E-state index in [1.54, 1.807) is 19.9 Å². The van der Waals surface area contributed by atoms with E-state index in [1.807, 2.05) is 0 Å². The topological polar surface area (TPSA) is 84.3 Å². The summed E-state index contributed by atoms with van der Waals surface area (Å²) in [7, 11) is 0. The molecule has 0 fully saturated rings. The van der Waals surface area contributed by atoms with E-state index in [9.17, 15) is 4.79 Å². The highest BCUT2D eigenvalue weighted by molar-refractivity contribution is 5.95. The lowest BCUT2D eigenvalue weighted by Gasteiger charge is -2.07. The standard InChI is InChI=1S/C12H19N3O3/c1-9-8-11(10(2)15-14-9)12(17)13-4-3-6-18-7-5-16/h8,16H,3-7H2,1-2H3,(H,13,17). The SMILES string of the molecule is Cc1cc(C(=O)NCCCOCCO)c(C)nn1. The van der Waals surface area contributed by atoms with Crippen molar-refractivity contribution in [2.75, 3.05) is 26.4 Å². The summed E-state index contributed by atoms with van der Waals surface area (Å²) in [5, 5.41) is 19.1. The fraction of sp³-hybridized carbons (Fsp3) is 0.583. The molecule has 18 heavy (non-hydrogen) atoms. The molecule has 0 unspecified atom stereocenters. The second-order valence-electron chi connectivity index (χ2n) is 3.93. The van der Waals surface area contributed by atoms with Crippen LogP contribution in [-0.4, -0.2) is 47.6 Å². The van der Waals surface area contributed by atoms with Gasteiger partial charge in [-0.3, -0.25) is 4.79 Å². The number of aromatic nitrogens is 2. The van der Waals surface area contributed by atoms with Crippen LogP contribution >= 0.6 is 0 Å². The summed E-state index contributed by atoms with van der Waals surface area (Å²) in [5.74, 6) is -0.146. The molecule has 0 bridgehead atoms. The summed E-state index contributed by atoms with van der Waals surface area (Å²) in [6.07, 6.45) is 0.711. The van der Waals surface area contributed by atoms with Gasteiger partial charge in [0.2, 0.25) is 0 Å². The molecule has 0 aromatic carbocycles. The summed E-state index contributed by atoms with van der Waals surface area (Å²) in [5.41, 5.74) is 1.89. The molecule has 1 heterocycles. The number of aryl methyl sites for hydroxylation is 2. The molecule has 0 aliphatic rings. The van der Waals surface area contributed by atoms with E-state index >= 15 is 0 Å². The Kier molecular flexibility index (Phi) is 6.24. The first-order valence-corrected chi connectivity index (χ1v) is 5.93. The normalized spacial score (nSPS) is 10.4. The molecule has 6 heteroatoms. The van der Waals surface area contributed by atoms with E-state index < -0.39 is 0 Å². The van der Waals surface area contributed by atoms with Gasteiger partial charge in [0.25, 0.3) is 5.91 Å². The van der Waals surface area contributed by atoms with Crippen LogP contribution in [0.25, 0.3) is 0 Å². The summed E-state index contributed by atoms with van der Waals surface area (Å²) in [6, 6.07) is 1.72. The predicted molar refractivity (Wildman–Crippen MR) is 66.4 cm³/mol. The third kappa shape index (κ3) is 4.77. The molecule has 0 radical (unpaired) electrons. The first kappa shape index (κ1) is 14.5. The third-order valence-electron chi connectivity index (χ3n) is 2.33. The van der Waals surface area contributed by atoms with Crippen molar-refractivity contribution >= 4 is 5.91 Å². The number of hydrogen-bond donors (Lipinski definition) is 2. The summed E-state index contributed by atoms with van der Waals surface area (Å²) in [6.45, 7) is 4.96. The zero-order chi connectivity index (χ0) is 13.4. The number of nitrogens with zero attached hydrogens (tertiary/aromatic N) is 2. The molecular formula is C12H19N3O3. The minimum Gasteiger partial charge on any atom is -0.394 e. The second kappa shape index (κ2) is 7.73. The van der Waals surface area contributed by atoms with Crippen LogP contribution in [0.15, 0.2) is 6.07 Å². The largest absolute Gasteiger partial charge is 0.394 e. The maximum absolute atomic E-state index is 11.8. The van der Waals surface area contributed by atoms with Gasteiger partial charge in [0.1, 0.15) is 0 Å². The lowest BCUT2D eigenvalue weighted by molar-refractivity contribution is 0.0867. The van der Waals surface area contributed by atoms with Crippen LogP contribution in [0.1, 0.15) is 28.2 Å². The van der Waals surface area contributed by atoms with Crippen molar-refractivity contribution in [1.82, 2.24) is 15.5 Å². The molecular weight excluding hydrogens is 234 g/mol. The number of carbonyl (C=O) groups excluding carboxylic acids is 1. The molecule has 6 nitrogen and oxygen atoms in total. The molecule has 0 saturated carbocycles. The van der Waals surface area contributed by atoms with Gasteiger partial charge in [0.05, 0.1) is 30.2 Å². The number of hydrogen-bond acceptors (Lipinski definition) is 5. The van der Waals surface area contributed by atoms with Crippen molar-refractivity contribution in [1.29, 1.82) is 0 Å². The maximum atomic E-state index is 11.8. The predicted octanol–water partition coefficient (Wildman–Crippen LogP) is 0.222. The van der Waals surface area contributed by atoms with E-state index in [-0.39, 0.29) is 12.5 Å². The lowest BCUT2D eigenvalue weighted by atomic mass is 10.2. The number of ether oxygens (including phenoxy) is 1. The van der Waals surface area contributed by atoms with Crippen molar-refractivity contribution in [2.24, 2.45) is 0 Å². The quantitative estimate of drug-likeness (QED) is 0.679. The van der Waals surface area contributed by atoms with E-state index in [1.165, 1.54) is 0 Å². The second-order valence-corrected chi connectivity index (χ2v) is 3.93. The zero-order valence-corrected chi connectivity index (χ0v) is 10.8. The van der Waals surface area contributed by atoms with Crippen molar-refractivity contribution < 1.29 is 14.6 Å². The average molecular weight is 253 g/mol. The molecule has 0 atom stereocenters. The molecule has 0 aliphatic heterocycles. The zero-order valence-electron chi connectivity index (χ0n) is 10.8. The number of carbonyl (C=O) groups is 1. The van der Waals surface area contributed by atoms with Gasteiger partial charge in [-0.2, -0.15) is 10.2 Å². The van der Waals surface area contributed by atoms with Crippen molar-refractivity contribution in [3.63, 3.8) is 0 Å². The minimum atomic E-state index is -0.146. The van der Waals surface area contributed by atoms with Gasteiger partial charge in [0, 0.05) is 13.2 Å². The van der Waals surface area contributed by atoms with Gasteiger partial charge < -0.3 is 15.2 Å². The number of nitrogens with one attached hydrogen (secondary N) is 1. The van der Waals surface area contributed by atoms with Gasteiger partial charge in [0.15, 0.2) is 0 Å². The van der Waals surface area contributed by atoms with Crippen LogP contribution in [-0.2, 0) is 4.74 Å². The first-order chi connectivity index (χ1) is 8.65. The molecule has 0 spiro atoms. The Hall–Kier alpha value is -1.53. The lowest BCUT2D eigenvalue weighted by Crippen LogP contribution is -2.26. The molecule has 2 N–H and O–H groups in total. The van der Waals surface area contributed by atoms with Crippen LogP contribution < -0.4 is 5.32 Å². The van der Waals surface area contributed by atoms with Crippen LogP contribution in [0.3, 0.4) is 0 Å². The van der Waals surface area contributed by atoms with Crippen LogP contribution in [0.5, 0.6) is 0 Å². The van der Waals surface area contributed by atoms with E-state index in [4.69, 9.17) is 9.84 Å². The molecule has 0 aliphatic carbocycles. The molecule has 100 valence electrons. The molecule has 1 aromatic rings. The van der Waals surface area contributed by atoms with Gasteiger partial charge >= 0.3 is 0 Å². The van der Waals surface area contributed by atoms with Crippen LogP contribution in [0.4, 0.5) is 0 Å². The number of rotatable bonds is 7. The van der Waals surface area contributed by atoms with Crippen LogP contribution in [0.2, 0.25) is 0 Å². The Morgan fingerprint density at radius 3 is 2.89 bits per heavy atom. The number of aliphatic hydroxyl groups is 1. The smallest absolute Gasteiger partial charge is 0.253 e. The maximum Gasteiger partial charge on any atom is 0.253 e. The van der Waals surface area contributed by atoms with E-state index in [0.29, 0.717) is 37.4 Å². The van der Waals surface area contributed by atoms with Gasteiger partial charge in [-0.05, 0) is 26.3 Å². The molecule has 1 aromatic heterocycles. The minimum absolute atomic E-state index is 0.0213. The first-order valence-electron chi connectivity index (χ1n) is 5.93. The Balaban J connectivity index is 2.34. The Morgan fingerprint density at radius 1 is 1.39 bits per heavy atom. The Morgan fingerprint density at radius 2 is 2.17 bits per heavy atom. The van der Waals surface area contributed by atoms with Crippen molar-refractivity contribution in [2.45, 2.75) is 20.3 Å². The highest BCUT2D eigenvalue weighted by Gasteiger charge is 2.10. The molecule has 1 amide bonds. The van der Waals surface area contributed by atoms with Crippen LogP contribution in [0, 0.1) is 13.8 Å². The van der Waals surface area contributed by atoms with Crippen molar-refractivity contribution in [3.05, 3.63) is 23.0 Å². The fourth-order valence-corrected chi connectivity index (χ4v) is 1.42. The van der Waals surface area contributed by atoms with Gasteiger partial charge in [-0.15, -0.1) is 0 Å². The average Bonchev–Trinajstić information content (AvgIpc) is 2.36. The molecule has 1 rings (SSSR count). The van der Waals surface area contributed by atoms with Gasteiger partial charge in [-0.1, -0.05) is 0 Å². The van der Waals surface area contributed by atoms with Gasteiger partial charge in [-0.25, -0.2) is 0 Å². The summed E-state index contributed by atoms with van der Waals surface area (Å²) < 4.78 is 5.09. The fourth-order valence-electron chi connectivity index (χ4n) is 1.42. The van der Waals surface area contributed by atoms with E-state index in [0.717, 1.165) is 5.69 Å². The number of amides is 1. The molecule has 0 saturated heterocycles.